The van der Waals surface area contributed by atoms with Crippen molar-refractivity contribution >= 4 is 0 Å². The van der Waals surface area contributed by atoms with Crippen LogP contribution >= 0.6 is 0 Å². The van der Waals surface area contributed by atoms with Gasteiger partial charge in [-0.15, -0.1) is 0 Å². The molecule has 3 nitrogen and oxygen atoms in total. The van der Waals surface area contributed by atoms with Crippen LogP contribution in [0.2, 0.25) is 0 Å². The quantitative estimate of drug-likeness (QED) is 0.537. The lowest BCUT2D eigenvalue weighted by atomic mass is 10.3. The van der Waals surface area contributed by atoms with Crippen LogP contribution < -0.4 is 0 Å². The lowest BCUT2D eigenvalue weighted by Gasteiger charge is -2.02. The van der Waals surface area contributed by atoms with Gasteiger partial charge in [0.2, 0.25) is 0 Å². The average Bonchev–Trinajstić information content (AvgIpc) is 2.03. The van der Waals surface area contributed by atoms with E-state index >= 15 is 0 Å². The second-order valence-corrected chi connectivity index (χ2v) is 2.24. The molecule has 0 fully saturated rings. The minimum absolute atomic E-state index is 0.259. The van der Waals surface area contributed by atoms with Crippen LogP contribution in [0.15, 0.2) is 0 Å². The highest BCUT2D eigenvalue weighted by molar-refractivity contribution is 4.36. The van der Waals surface area contributed by atoms with Crippen molar-refractivity contribution in [1.29, 1.82) is 0 Å². The van der Waals surface area contributed by atoms with Gasteiger partial charge in [-0.3, -0.25) is 0 Å². The van der Waals surface area contributed by atoms with Crippen molar-refractivity contribution in [2.24, 2.45) is 0 Å². The van der Waals surface area contributed by atoms with Gasteiger partial charge in [-0.25, -0.2) is 0 Å². The average molecular weight is 162 g/mol. The number of ether oxygens (including phenoxy) is 2. The van der Waals surface area contributed by atoms with Gasteiger partial charge in [-0.05, 0) is 19.8 Å². The molecule has 0 unspecified atom stereocenters. The molecule has 3 heteroatoms. The number of hydrogen-bond donors (Lipinski definition) is 1. The van der Waals surface area contributed by atoms with Gasteiger partial charge in [-0.1, -0.05) is 0 Å². The van der Waals surface area contributed by atoms with E-state index < -0.39 is 0 Å². The van der Waals surface area contributed by atoms with Crippen LogP contribution in [0.4, 0.5) is 0 Å². The van der Waals surface area contributed by atoms with Crippen molar-refractivity contribution in [2.45, 2.75) is 19.8 Å². The van der Waals surface area contributed by atoms with Gasteiger partial charge in [0.25, 0.3) is 0 Å². The van der Waals surface area contributed by atoms with Crippen molar-refractivity contribution < 1.29 is 14.6 Å². The smallest absolute Gasteiger partial charge is 0.0700 e. The summed E-state index contributed by atoms with van der Waals surface area (Å²) in [5.74, 6) is 0. The molecular weight excluding hydrogens is 144 g/mol. The van der Waals surface area contributed by atoms with Crippen LogP contribution in [0.3, 0.4) is 0 Å². The summed E-state index contributed by atoms with van der Waals surface area (Å²) in [5.41, 5.74) is 0. The minimum Gasteiger partial charge on any atom is -0.396 e. The van der Waals surface area contributed by atoms with Gasteiger partial charge in [0.05, 0.1) is 13.2 Å². The first kappa shape index (κ1) is 10.9. The van der Waals surface area contributed by atoms with Crippen LogP contribution in [-0.4, -0.2) is 38.1 Å². The maximum absolute atomic E-state index is 8.43. The molecule has 0 rings (SSSR count). The van der Waals surface area contributed by atoms with E-state index in [4.69, 9.17) is 14.6 Å². The monoisotopic (exact) mass is 162 g/mol. The lowest BCUT2D eigenvalue weighted by Crippen LogP contribution is -2.05. The molecule has 0 radical (unpaired) electrons. The molecule has 0 aliphatic heterocycles. The summed E-state index contributed by atoms with van der Waals surface area (Å²) in [6.07, 6.45) is 1.76. The first-order chi connectivity index (χ1) is 5.41. The molecule has 0 aromatic heterocycles. The molecule has 0 atom stereocenters. The zero-order chi connectivity index (χ0) is 8.36. The van der Waals surface area contributed by atoms with Crippen molar-refractivity contribution in [3.63, 3.8) is 0 Å². The second-order valence-electron chi connectivity index (χ2n) is 2.24. The molecule has 0 aromatic rings. The van der Waals surface area contributed by atoms with Gasteiger partial charge in [0.1, 0.15) is 0 Å². The Morgan fingerprint density at radius 1 is 1.00 bits per heavy atom. The fraction of sp³-hybridized carbons (Fsp3) is 1.00. The number of unbranched alkanes of at least 4 members (excludes halogenated alkanes) is 1. The van der Waals surface area contributed by atoms with Gasteiger partial charge in [-0.2, -0.15) is 0 Å². The summed E-state index contributed by atoms with van der Waals surface area (Å²) in [6, 6.07) is 0. The third-order valence-corrected chi connectivity index (χ3v) is 1.27. The van der Waals surface area contributed by atoms with Gasteiger partial charge >= 0.3 is 0 Å². The van der Waals surface area contributed by atoms with Crippen molar-refractivity contribution in [3.8, 4) is 0 Å². The molecule has 0 bridgehead atoms. The minimum atomic E-state index is 0.259. The highest BCUT2D eigenvalue weighted by Crippen LogP contribution is 1.88. The Hall–Kier alpha value is -0.120. The van der Waals surface area contributed by atoms with Crippen LogP contribution in [0, 0.1) is 0 Å². The van der Waals surface area contributed by atoms with E-state index in [1.165, 1.54) is 0 Å². The molecule has 0 aliphatic rings. The molecule has 0 spiro atoms. The molecule has 0 aromatic carbocycles. The van der Waals surface area contributed by atoms with Gasteiger partial charge < -0.3 is 14.6 Å². The molecular formula is C8H18O3. The summed E-state index contributed by atoms with van der Waals surface area (Å²) >= 11 is 0. The Morgan fingerprint density at radius 2 is 1.73 bits per heavy atom. The standard InChI is InChI=1S/C8H18O3/c1-2-10-7-8-11-6-4-3-5-9/h9H,2-8H2,1H3. The maximum Gasteiger partial charge on any atom is 0.0700 e. The number of hydrogen-bond acceptors (Lipinski definition) is 3. The van der Waals surface area contributed by atoms with E-state index in [9.17, 15) is 0 Å². The maximum atomic E-state index is 8.43. The Kier molecular flexibility index (Phi) is 9.77. The Morgan fingerprint density at radius 3 is 2.36 bits per heavy atom. The molecule has 68 valence electrons. The topological polar surface area (TPSA) is 38.7 Å². The molecule has 11 heavy (non-hydrogen) atoms. The van der Waals surface area contributed by atoms with Crippen LogP contribution in [0.1, 0.15) is 19.8 Å². The number of aliphatic hydroxyl groups is 1. The van der Waals surface area contributed by atoms with E-state index in [0.717, 1.165) is 26.1 Å². The molecule has 0 amide bonds. The number of rotatable bonds is 8. The summed E-state index contributed by atoms with van der Waals surface area (Å²) in [7, 11) is 0. The predicted octanol–water partition coefficient (Wildman–Crippen LogP) is 0.812. The van der Waals surface area contributed by atoms with Crippen molar-refractivity contribution in [2.75, 3.05) is 33.0 Å². The fourth-order valence-electron chi connectivity index (χ4n) is 0.680. The highest BCUT2D eigenvalue weighted by Gasteiger charge is 1.88. The highest BCUT2D eigenvalue weighted by atomic mass is 16.5. The first-order valence-electron chi connectivity index (χ1n) is 4.18. The van der Waals surface area contributed by atoms with Crippen LogP contribution in [0.25, 0.3) is 0 Å². The largest absolute Gasteiger partial charge is 0.396 e. The molecule has 1 N–H and O–H groups in total. The first-order valence-corrected chi connectivity index (χ1v) is 4.18. The number of aliphatic hydroxyl groups excluding tert-OH is 1. The van der Waals surface area contributed by atoms with Crippen molar-refractivity contribution in [1.82, 2.24) is 0 Å². The third-order valence-electron chi connectivity index (χ3n) is 1.27. The summed E-state index contributed by atoms with van der Waals surface area (Å²) in [6.45, 7) is 5.04. The normalized spacial score (nSPS) is 10.4. The van der Waals surface area contributed by atoms with Crippen molar-refractivity contribution in [3.05, 3.63) is 0 Å². The second kappa shape index (κ2) is 9.88. The molecule has 0 saturated heterocycles. The predicted molar refractivity (Wildman–Crippen MR) is 43.6 cm³/mol. The lowest BCUT2D eigenvalue weighted by molar-refractivity contribution is 0.0501. The Labute approximate surface area is 68.3 Å². The van der Waals surface area contributed by atoms with E-state index in [0.29, 0.717) is 13.2 Å². The van der Waals surface area contributed by atoms with Crippen LogP contribution in [-0.2, 0) is 9.47 Å². The Balaban J connectivity index is 2.69. The van der Waals surface area contributed by atoms with E-state index in [2.05, 4.69) is 0 Å². The Bertz CT molecular complexity index is 58.4. The fourth-order valence-corrected chi connectivity index (χ4v) is 0.680. The van der Waals surface area contributed by atoms with E-state index in [-0.39, 0.29) is 6.61 Å². The molecule has 0 aliphatic carbocycles. The van der Waals surface area contributed by atoms with E-state index in [1.807, 2.05) is 6.92 Å². The zero-order valence-corrected chi connectivity index (χ0v) is 7.21. The van der Waals surface area contributed by atoms with Gasteiger partial charge in [0.15, 0.2) is 0 Å². The zero-order valence-electron chi connectivity index (χ0n) is 7.21. The molecule has 0 heterocycles. The third kappa shape index (κ3) is 9.88. The summed E-state index contributed by atoms with van der Waals surface area (Å²) in [4.78, 5) is 0. The molecule has 0 saturated carbocycles. The van der Waals surface area contributed by atoms with Crippen LogP contribution in [0.5, 0.6) is 0 Å². The summed E-state index contributed by atoms with van der Waals surface area (Å²) < 4.78 is 10.3. The van der Waals surface area contributed by atoms with E-state index in [1.54, 1.807) is 0 Å². The van der Waals surface area contributed by atoms with Gasteiger partial charge in [0, 0.05) is 19.8 Å². The summed E-state index contributed by atoms with van der Waals surface area (Å²) in [5, 5.41) is 8.43. The SMILES string of the molecule is CCOCCOCCCCO.